The maximum Gasteiger partial charge on any atom is 0.237 e. The van der Waals surface area contributed by atoms with Gasteiger partial charge in [0.15, 0.2) is 0 Å². The minimum absolute atomic E-state index is 0.356. The van der Waals surface area contributed by atoms with Gasteiger partial charge in [-0.3, -0.25) is 4.79 Å². The van der Waals surface area contributed by atoms with E-state index >= 15 is 0 Å². The average Bonchev–Trinajstić information content (AvgIpc) is 1.64. The average molecular weight is 126 g/mol. The highest BCUT2D eigenvalue weighted by Gasteiger charge is 1.97. The second-order valence-corrected chi connectivity index (χ2v) is 2.24. The van der Waals surface area contributed by atoms with E-state index in [1.807, 2.05) is 15.7 Å². The number of halogens is 1. The summed E-state index contributed by atoms with van der Waals surface area (Å²) in [5.74, 6) is 0. The number of hydrogen-bond acceptors (Lipinski definition) is 1. The molecule has 5 heteroatoms. The van der Waals surface area contributed by atoms with Gasteiger partial charge in [-0.2, -0.15) is 0 Å². The molecule has 0 atom stereocenters. The molecule has 0 N–H and O–H groups in total. The molecule has 0 saturated heterocycles. The fourth-order valence-electron chi connectivity index (χ4n) is 0.197. The summed E-state index contributed by atoms with van der Waals surface area (Å²) in [7, 11) is 5.43. The summed E-state index contributed by atoms with van der Waals surface area (Å²) < 4.78 is 0. The molecule has 0 spiro atoms. The van der Waals surface area contributed by atoms with E-state index in [1.54, 1.807) is 7.85 Å². The topological polar surface area (TPSA) is 17.1 Å². The number of carbonyl (C=O) groups is 1. The quantitative estimate of drug-likeness (QED) is 0.222. The summed E-state index contributed by atoms with van der Waals surface area (Å²) in [4.78, 5) is 10.3. The molecule has 0 aromatic rings. The third kappa shape index (κ3) is 2.27. The molecule has 0 aliphatic carbocycles. The van der Waals surface area contributed by atoms with E-state index in [2.05, 4.69) is 0 Å². The number of hydrogen-bond donors (Lipinski definition) is 0. The number of carbonyl (C=O) groups excluding carboxylic acids is 1. The van der Waals surface area contributed by atoms with Crippen LogP contribution < -0.4 is 0 Å². The van der Waals surface area contributed by atoms with E-state index < -0.39 is 0 Å². The molecule has 0 unspecified atom stereocenters. The molecule has 0 amide bonds. The van der Waals surface area contributed by atoms with Gasteiger partial charge in [-0.1, -0.05) is 0 Å². The molecule has 0 rings (SSSR count). The summed E-state index contributed by atoms with van der Waals surface area (Å²) in [6.07, 6.45) is 0. The zero-order valence-corrected chi connectivity index (χ0v) is 6.04. The van der Waals surface area contributed by atoms with E-state index in [4.69, 9.17) is 11.6 Å². The van der Waals surface area contributed by atoms with Crippen LogP contribution in [0.15, 0.2) is 10.8 Å². The number of allylic oxidation sites excluding steroid dienone is 1. The van der Waals surface area contributed by atoms with E-state index in [0.717, 1.165) is 5.37 Å². The van der Waals surface area contributed by atoms with Gasteiger partial charge in [0.2, 0.25) is 5.24 Å². The summed E-state index contributed by atoms with van der Waals surface area (Å²) >= 11 is 5.13. The molecule has 0 radical (unpaired) electrons. The van der Waals surface area contributed by atoms with Crippen LogP contribution in [-0.4, -0.2) is 28.8 Å². The summed E-state index contributed by atoms with van der Waals surface area (Å²) in [6, 6.07) is 0. The first-order valence-electron chi connectivity index (χ1n) is 2.39. The Morgan fingerprint density at radius 2 is 1.62 bits per heavy atom. The molecular weight excluding hydrogens is 120 g/mol. The van der Waals surface area contributed by atoms with Crippen molar-refractivity contribution in [2.45, 2.75) is 0 Å². The molecule has 8 heavy (non-hydrogen) atoms. The van der Waals surface area contributed by atoms with Crippen molar-refractivity contribution in [1.82, 2.24) is 0 Å². The van der Waals surface area contributed by atoms with Crippen molar-refractivity contribution in [3.8, 4) is 0 Å². The van der Waals surface area contributed by atoms with Crippen molar-refractivity contribution >= 4 is 40.4 Å². The van der Waals surface area contributed by atoms with Crippen LogP contribution in [0.5, 0.6) is 0 Å². The lowest BCUT2D eigenvalue weighted by atomic mass is 9.70. The zero-order chi connectivity index (χ0) is 6.73. The van der Waals surface area contributed by atoms with Crippen LogP contribution in [0.2, 0.25) is 0 Å². The summed E-state index contributed by atoms with van der Waals surface area (Å²) in [5.41, 5.74) is 0.645. The van der Waals surface area contributed by atoms with Crippen molar-refractivity contribution < 1.29 is 4.79 Å². The third-order valence-electron chi connectivity index (χ3n) is 1.04. The van der Waals surface area contributed by atoms with Crippen LogP contribution >= 0.6 is 11.6 Å². The molecule has 0 aromatic carbocycles. The van der Waals surface area contributed by atoms with E-state index in [0.29, 0.717) is 5.47 Å². The molecule has 0 fully saturated rings. The Kier molecular flexibility index (Phi) is 2.99. The SMILES string of the molecule is BC(B)=C(B)C(=O)Cl. The molecule has 1 nitrogen and oxygen atoms in total. The Morgan fingerprint density at radius 1 is 1.25 bits per heavy atom. The minimum Gasteiger partial charge on any atom is -0.277 e. The molecule has 40 valence electrons. The van der Waals surface area contributed by atoms with Gasteiger partial charge in [0.1, 0.15) is 23.5 Å². The lowest BCUT2D eigenvalue weighted by Gasteiger charge is -1.92. The second-order valence-electron chi connectivity index (χ2n) is 1.90. The van der Waals surface area contributed by atoms with Crippen LogP contribution in [0.25, 0.3) is 0 Å². The van der Waals surface area contributed by atoms with Gasteiger partial charge < -0.3 is 0 Å². The third-order valence-corrected chi connectivity index (χ3v) is 1.33. The number of rotatable bonds is 1. The fourth-order valence-corrected chi connectivity index (χ4v) is 0.386. The van der Waals surface area contributed by atoms with Crippen LogP contribution in [-0.2, 0) is 4.79 Å². The second kappa shape index (κ2) is 3.03. The molecule has 0 aliphatic heterocycles. The first kappa shape index (κ1) is 7.89. The van der Waals surface area contributed by atoms with Crippen molar-refractivity contribution in [2.75, 3.05) is 0 Å². The summed E-state index contributed by atoms with van der Waals surface area (Å²) in [6.45, 7) is 0. The van der Waals surface area contributed by atoms with Crippen molar-refractivity contribution in [2.24, 2.45) is 0 Å². The maximum absolute atomic E-state index is 10.3. The first-order chi connectivity index (χ1) is 3.55. The lowest BCUT2D eigenvalue weighted by Crippen LogP contribution is -1.98. The largest absolute Gasteiger partial charge is 0.277 e. The normalized spacial score (nSPS) is 8.12. The monoisotopic (exact) mass is 126 g/mol. The Morgan fingerprint density at radius 3 is 1.62 bits per heavy atom. The smallest absolute Gasteiger partial charge is 0.237 e. The fraction of sp³-hybridized carbons (Fsp3) is 0. The van der Waals surface area contributed by atoms with Gasteiger partial charge in [-0.05, 0) is 17.1 Å². The van der Waals surface area contributed by atoms with Crippen LogP contribution in [0.4, 0.5) is 0 Å². The minimum atomic E-state index is -0.356. The standard InChI is InChI=1S/C3H6B3ClO/c4-1(2(5)6)3(7)8/h4-6H2. The van der Waals surface area contributed by atoms with Crippen molar-refractivity contribution in [1.29, 1.82) is 0 Å². The van der Waals surface area contributed by atoms with Crippen molar-refractivity contribution in [3.63, 3.8) is 0 Å². The van der Waals surface area contributed by atoms with Crippen LogP contribution in [0.3, 0.4) is 0 Å². The van der Waals surface area contributed by atoms with E-state index in [-0.39, 0.29) is 5.24 Å². The zero-order valence-electron chi connectivity index (χ0n) is 5.29. The predicted molar refractivity (Wildman–Crippen MR) is 43.5 cm³/mol. The first-order valence-corrected chi connectivity index (χ1v) is 2.77. The molecule has 0 saturated carbocycles. The van der Waals surface area contributed by atoms with Crippen LogP contribution in [0.1, 0.15) is 0 Å². The van der Waals surface area contributed by atoms with E-state index in [9.17, 15) is 4.79 Å². The highest BCUT2D eigenvalue weighted by atomic mass is 35.5. The molecule has 0 heterocycles. The molecule has 0 bridgehead atoms. The van der Waals surface area contributed by atoms with E-state index in [1.165, 1.54) is 0 Å². The predicted octanol–water partition coefficient (Wildman–Crippen LogP) is -2.18. The van der Waals surface area contributed by atoms with Gasteiger partial charge >= 0.3 is 0 Å². The highest BCUT2D eigenvalue weighted by molar-refractivity contribution is 6.75. The Bertz CT molecular complexity index is 137. The Hall–Kier alpha value is -0.105. The van der Waals surface area contributed by atoms with Gasteiger partial charge in [0.25, 0.3) is 0 Å². The Labute approximate surface area is 56.7 Å². The van der Waals surface area contributed by atoms with Gasteiger partial charge in [-0.15, -0.1) is 5.37 Å². The molecular formula is C3H6B3ClO. The van der Waals surface area contributed by atoms with Gasteiger partial charge in [0.05, 0.1) is 0 Å². The van der Waals surface area contributed by atoms with Crippen molar-refractivity contribution in [3.05, 3.63) is 10.8 Å². The highest BCUT2D eigenvalue weighted by Crippen LogP contribution is 1.95. The van der Waals surface area contributed by atoms with Crippen LogP contribution in [0, 0.1) is 0 Å². The molecule has 0 aromatic heterocycles. The Balaban J connectivity index is 4.23. The lowest BCUT2D eigenvalue weighted by molar-refractivity contribution is -0.108. The summed E-state index contributed by atoms with van der Waals surface area (Å²) in [5, 5.41) is 0.620. The van der Waals surface area contributed by atoms with Gasteiger partial charge in [0, 0.05) is 0 Å². The van der Waals surface area contributed by atoms with Gasteiger partial charge in [-0.25, -0.2) is 0 Å². The maximum atomic E-state index is 10.3. The molecule has 0 aliphatic rings.